The molecule has 0 aliphatic carbocycles. The Morgan fingerprint density at radius 1 is 0.632 bits per heavy atom. The molecular weight excluding hydrogens is 508 g/mol. The second-order valence-electron chi connectivity index (χ2n) is 10.4. The summed E-state index contributed by atoms with van der Waals surface area (Å²) in [5.41, 5.74) is 3.15. The van der Waals surface area contributed by atoms with E-state index in [9.17, 15) is 24.0 Å². The number of carboxylic acid groups (broad SMARTS) is 2. The molecule has 0 rings (SSSR count). The fraction of sp³-hybridized carbons (Fsp3) is 0.783. The van der Waals surface area contributed by atoms with Gasteiger partial charge in [0.2, 0.25) is 0 Å². The average molecular weight is 555 g/mol. The van der Waals surface area contributed by atoms with Gasteiger partial charge in [0.15, 0.2) is 0 Å². The van der Waals surface area contributed by atoms with Crippen LogP contribution in [0, 0.1) is 0 Å². The number of aliphatic carboxylic acids is 2. The number of nitrogens with one attached hydrogen (secondary N) is 3. The van der Waals surface area contributed by atoms with Crippen molar-refractivity contribution in [2.75, 3.05) is 39.3 Å². The van der Waals surface area contributed by atoms with Crippen molar-refractivity contribution < 1.29 is 53.1 Å². The van der Waals surface area contributed by atoms with Gasteiger partial charge < -0.3 is 50.8 Å². The molecule has 0 saturated carbocycles. The van der Waals surface area contributed by atoms with Gasteiger partial charge in [0.25, 0.3) is 0 Å². The molecule has 0 bridgehead atoms. The van der Waals surface area contributed by atoms with Gasteiger partial charge in [-0.1, -0.05) is 0 Å². The molecule has 1 amide bonds. The van der Waals surface area contributed by atoms with Gasteiger partial charge in [-0.05, 0) is 62.3 Å². The lowest BCUT2D eigenvalue weighted by atomic mass is 10.2. The Hall–Kier alpha value is -3.17. The third-order valence-electron chi connectivity index (χ3n) is 2.79. The van der Waals surface area contributed by atoms with Crippen molar-refractivity contribution in [3.05, 3.63) is 0 Å². The molecule has 0 spiro atoms. The van der Waals surface area contributed by atoms with Crippen molar-refractivity contribution in [2.45, 2.75) is 79.1 Å². The van der Waals surface area contributed by atoms with E-state index in [0.29, 0.717) is 26.2 Å². The van der Waals surface area contributed by atoms with Crippen LogP contribution in [0.2, 0.25) is 0 Å². The molecule has 224 valence electrons. The molecule has 0 aromatic rings. The molecule has 7 N–H and O–H groups in total. The van der Waals surface area contributed by atoms with Crippen molar-refractivity contribution in [3.8, 4) is 0 Å². The van der Waals surface area contributed by atoms with E-state index >= 15 is 0 Å². The number of hydrogen-bond donors (Lipinski definition) is 6. The summed E-state index contributed by atoms with van der Waals surface area (Å²) in [5, 5.41) is 24.1. The third-order valence-corrected chi connectivity index (χ3v) is 2.79. The quantitative estimate of drug-likeness (QED) is 0.103. The van der Waals surface area contributed by atoms with Gasteiger partial charge in [0.1, 0.15) is 16.8 Å². The lowest BCUT2D eigenvalue weighted by Crippen LogP contribution is -2.37. The lowest BCUT2D eigenvalue weighted by molar-refractivity contribution is -0.136. The second kappa shape index (κ2) is 19.9. The molecule has 0 aromatic carbocycles. The Balaban J connectivity index is -0.000000508. The molecule has 38 heavy (non-hydrogen) atoms. The maximum absolute atomic E-state index is 11.1. The van der Waals surface area contributed by atoms with Crippen LogP contribution in [0.5, 0.6) is 0 Å². The van der Waals surface area contributed by atoms with E-state index in [4.69, 9.17) is 30.2 Å². The number of ether oxygens (including phenoxy) is 4. The van der Waals surface area contributed by atoms with Gasteiger partial charge in [0, 0.05) is 26.2 Å². The van der Waals surface area contributed by atoms with Crippen LogP contribution >= 0.6 is 0 Å². The molecule has 0 fully saturated rings. The fourth-order valence-electron chi connectivity index (χ4n) is 1.67. The van der Waals surface area contributed by atoms with Crippen molar-refractivity contribution in [3.63, 3.8) is 0 Å². The molecule has 15 heteroatoms. The summed E-state index contributed by atoms with van der Waals surface area (Å²) in [5.74, 6) is -1.77. The van der Waals surface area contributed by atoms with Crippen molar-refractivity contribution in [1.29, 1.82) is 0 Å². The number of carboxylic acids is 2. The standard InChI is InChI=1S/C10H18O5.C9H18N2O4.C4H10N2O2/c1-9(2,3)14-7(11)13-8(12)15-10(4,5)6;1-9(2,3)15-8(14)11-5-4-10-6-7(12)13;5-1-2-6-3-4(7)8/h1-6H3;10H,4-6H2,1-3H3,(H,11,14)(H,12,13);6H,1-3,5H2,(H,7,8). The van der Waals surface area contributed by atoms with Crippen LogP contribution in [0.4, 0.5) is 14.4 Å². The highest BCUT2D eigenvalue weighted by Crippen LogP contribution is 2.11. The molecule has 0 aliphatic rings. The summed E-state index contributed by atoms with van der Waals surface area (Å²) in [6, 6.07) is 0. The minimum atomic E-state index is -1.06. The number of carbonyl (C=O) groups excluding carboxylic acids is 3. The van der Waals surface area contributed by atoms with Crippen molar-refractivity contribution in [2.24, 2.45) is 5.73 Å². The zero-order chi connectivity index (χ0) is 30.6. The summed E-state index contributed by atoms with van der Waals surface area (Å²) in [6.07, 6.45) is -2.62. The average Bonchev–Trinajstić information content (AvgIpc) is 2.63. The Kier molecular flexibility index (Phi) is 20.6. The van der Waals surface area contributed by atoms with Crippen molar-refractivity contribution >= 4 is 30.3 Å². The van der Waals surface area contributed by atoms with Crippen LogP contribution in [0.25, 0.3) is 0 Å². The molecular formula is C23H46N4O11. The molecule has 0 aromatic heterocycles. The zero-order valence-corrected chi connectivity index (χ0v) is 23.9. The zero-order valence-electron chi connectivity index (χ0n) is 23.9. The predicted octanol–water partition coefficient (Wildman–Crippen LogP) is 1.68. The molecule has 0 unspecified atom stereocenters. The predicted molar refractivity (Wildman–Crippen MR) is 138 cm³/mol. The highest BCUT2D eigenvalue weighted by molar-refractivity contribution is 5.77. The van der Waals surface area contributed by atoms with Gasteiger partial charge in [-0.2, -0.15) is 0 Å². The van der Waals surface area contributed by atoms with Gasteiger partial charge in [-0.25, -0.2) is 14.4 Å². The van der Waals surface area contributed by atoms with E-state index in [1.165, 1.54) is 0 Å². The maximum atomic E-state index is 11.1. The van der Waals surface area contributed by atoms with E-state index in [1.807, 2.05) is 0 Å². The first kappa shape index (κ1) is 39.3. The Labute approximate surface area is 224 Å². The Morgan fingerprint density at radius 3 is 1.32 bits per heavy atom. The molecule has 0 atom stereocenters. The monoisotopic (exact) mass is 554 g/mol. The molecule has 0 aliphatic heterocycles. The van der Waals surface area contributed by atoms with E-state index in [-0.39, 0.29) is 13.1 Å². The Morgan fingerprint density at radius 2 is 1.00 bits per heavy atom. The second-order valence-corrected chi connectivity index (χ2v) is 10.4. The maximum Gasteiger partial charge on any atom is 0.519 e. The van der Waals surface area contributed by atoms with Gasteiger partial charge in [-0.15, -0.1) is 0 Å². The minimum absolute atomic E-state index is 0.00278. The third kappa shape index (κ3) is 40.0. The SMILES string of the molecule is CC(C)(C)OC(=O)NCCNCC(=O)O.CC(C)(C)OC(=O)OC(=O)OC(C)(C)C.NCCNCC(=O)O. The van der Waals surface area contributed by atoms with Gasteiger partial charge >= 0.3 is 30.3 Å². The van der Waals surface area contributed by atoms with Crippen LogP contribution in [0.3, 0.4) is 0 Å². The van der Waals surface area contributed by atoms with E-state index in [1.54, 1.807) is 62.3 Å². The number of amides is 1. The number of hydrogen-bond acceptors (Lipinski definition) is 12. The smallest absolute Gasteiger partial charge is 0.480 e. The first-order valence-corrected chi connectivity index (χ1v) is 11.7. The van der Waals surface area contributed by atoms with Gasteiger partial charge in [0.05, 0.1) is 13.1 Å². The highest BCUT2D eigenvalue weighted by atomic mass is 16.8. The molecule has 0 radical (unpaired) electrons. The minimum Gasteiger partial charge on any atom is -0.480 e. The molecule has 0 heterocycles. The van der Waals surface area contributed by atoms with Crippen LogP contribution in [-0.4, -0.2) is 96.6 Å². The summed E-state index contributed by atoms with van der Waals surface area (Å²) in [4.78, 5) is 53.0. The fourth-order valence-corrected chi connectivity index (χ4v) is 1.67. The van der Waals surface area contributed by atoms with E-state index in [0.717, 1.165) is 0 Å². The number of carbonyl (C=O) groups is 5. The summed E-state index contributed by atoms with van der Waals surface area (Å²) < 4.78 is 18.8. The van der Waals surface area contributed by atoms with Crippen LogP contribution < -0.4 is 21.7 Å². The lowest BCUT2D eigenvalue weighted by Gasteiger charge is -2.20. The van der Waals surface area contributed by atoms with Crippen molar-refractivity contribution in [1.82, 2.24) is 16.0 Å². The first-order valence-electron chi connectivity index (χ1n) is 11.7. The normalized spacial score (nSPS) is 10.9. The molecule has 0 saturated heterocycles. The van der Waals surface area contributed by atoms with Gasteiger partial charge in [-0.3, -0.25) is 9.59 Å². The highest BCUT2D eigenvalue weighted by Gasteiger charge is 2.24. The number of alkyl carbamates (subject to hydrolysis) is 1. The van der Waals surface area contributed by atoms with E-state index < -0.39 is 47.1 Å². The first-order chi connectivity index (χ1) is 17.1. The topological polar surface area (TPSA) is 225 Å². The Bertz CT molecular complexity index is 698. The summed E-state index contributed by atoms with van der Waals surface area (Å²) in [7, 11) is 0. The van der Waals surface area contributed by atoms with Crippen LogP contribution in [0.1, 0.15) is 62.3 Å². The number of nitrogens with two attached hydrogens (primary N) is 1. The summed E-state index contributed by atoms with van der Waals surface area (Å²) >= 11 is 0. The number of rotatable bonds is 9. The van der Waals surface area contributed by atoms with Crippen LogP contribution in [-0.2, 0) is 28.5 Å². The van der Waals surface area contributed by atoms with Crippen LogP contribution in [0.15, 0.2) is 0 Å². The summed E-state index contributed by atoms with van der Waals surface area (Å²) in [6.45, 7) is 17.0. The molecule has 15 nitrogen and oxygen atoms in total. The van der Waals surface area contributed by atoms with E-state index in [2.05, 4.69) is 20.7 Å². The largest absolute Gasteiger partial charge is 0.519 e.